The van der Waals surface area contributed by atoms with E-state index < -0.39 is 11.4 Å². The highest BCUT2D eigenvalue weighted by Gasteiger charge is 2.39. The molecule has 0 aliphatic carbocycles. The molecule has 0 saturated heterocycles. The summed E-state index contributed by atoms with van der Waals surface area (Å²) in [6.45, 7) is 9.28. The van der Waals surface area contributed by atoms with E-state index in [2.05, 4.69) is 25.7 Å². The highest BCUT2D eigenvalue weighted by Crippen LogP contribution is 2.35. The molecule has 1 atom stereocenters. The van der Waals surface area contributed by atoms with Gasteiger partial charge in [0.1, 0.15) is 0 Å². The van der Waals surface area contributed by atoms with Crippen LogP contribution in [0.3, 0.4) is 0 Å². The van der Waals surface area contributed by atoms with Gasteiger partial charge in [0.15, 0.2) is 0 Å². The second kappa shape index (κ2) is 12.1. The van der Waals surface area contributed by atoms with Crippen LogP contribution < -0.4 is 0 Å². The van der Waals surface area contributed by atoms with Gasteiger partial charge in [0.05, 0.1) is 5.41 Å². The molecule has 0 unspecified atom stereocenters. The second-order valence-electron chi connectivity index (χ2n) is 7.05. The molecule has 3 nitrogen and oxygen atoms in total. The van der Waals surface area contributed by atoms with Crippen molar-refractivity contribution in [3.05, 3.63) is 35.9 Å². The van der Waals surface area contributed by atoms with Crippen LogP contribution in [0, 0.1) is 0 Å². The number of unbranched alkanes of at least 4 members (excludes halogenated alkanes) is 5. The first-order chi connectivity index (χ1) is 12.1. The van der Waals surface area contributed by atoms with E-state index in [9.17, 15) is 9.90 Å². The summed E-state index contributed by atoms with van der Waals surface area (Å²) in [5, 5.41) is 10.2. The lowest BCUT2D eigenvalue weighted by Crippen LogP contribution is -2.40. The van der Waals surface area contributed by atoms with Gasteiger partial charge in [0, 0.05) is 0 Å². The molecule has 1 rings (SSSR count). The minimum Gasteiger partial charge on any atom is -0.481 e. The van der Waals surface area contributed by atoms with E-state index in [0.717, 1.165) is 44.5 Å². The molecule has 0 radical (unpaired) electrons. The molecular formula is C22H37NO2. The smallest absolute Gasteiger partial charge is 0.314 e. The first kappa shape index (κ1) is 21.7. The quantitative estimate of drug-likeness (QED) is 0.452. The van der Waals surface area contributed by atoms with Crippen molar-refractivity contribution in [3.8, 4) is 0 Å². The zero-order valence-corrected chi connectivity index (χ0v) is 16.5. The topological polar surface area (TPSA) is 40.5 Å². The van der Waals surface area contributed by atoms with Gasteiger partial charge in [-0.2, -0.15) is 0 Å². The molecule has 0 amide bonds. The normalized spacial score (nSPS) is 13.8. The van der Waals surface area contributed by atoms with Crippen LogP contribution >= 0.6 is 0 Å². The number of carbonyl (C=O) groups is 1. The molecule has 25 heavy (non-hydrogen) atoms. The average Bonchev–Trinajstić information content (AvgIpc) is 2.64. The number of aliphatic carboxylic acids is 1. The number of rotatable bonds is 14. The average molecular weight is 348 g/mol. The molecule has 0 aliphatic rings. The molecule has 3 heteroatoms. The Morgan fingerprint density at radius 2 is 1.52 bits per heavy atom. The molecule has 1 N–H and O–H groups in total. The Labute approximate surface area is 154 Å². The molecular weight excluding hydrogens is 310 g/mol. The highest BCUT2D eigenvalue weighted by molar-refractivity contribution is 5.81. The van der Waals surface area contributed by atoms with Crippen LogP contribution in [-0.4, -0.2) is 35.6 Å². The Balaban J connectivity index is 2.84. The van der Waals surface area contributed by atoms with Gasteiger partial charge in [-0.05, 0) is 38.0 Å². The molecule has 0 bridgehead atoms. The van der Waals surface area contributed by atoms with E-state index in [0.29, 0.717) is 6.42 Å². The largest absolute Gasteiger partial charge is 0.481 e. The van der Waals surface area contributed by atoms with Crippen molar-refractivity contribution in [3.63, 3.8) is 0 Å². The number of hydrogen-bond acceptors (Lipinski definition) is 2. The van der Waals surface area contributed by atoms with Crippen molar-refractivity contribution in [2.75, 3.05) is 19.6 Å². The minimum absolute atomic E-state index is 0.667. The second-order valence-corrected chi connectivity index (χ2v) is 7.05. The van der Waals surface area contributed by atoms with Crippen LogP contribution in [0.4, 0.5) is 0 Å². The van der Waals surface area contributed by atoms with Gasteiger partial charge in [-0.3, -0.25) is 4.79 Å². The number of hydrogen-bond donors (Lipinski definition) is 1. The Kier molecular flexibility index (Phi) is 10.5. The van der Waals surface area contributed by atoms with Crippen molar-refractivity contribution >= 4 is 5.97 Å². The zero-order valence-electron chi connectivity index (χ0n) is 16.5. The van der Waals surface area contributed by atoms with Gasteiger partial charge in [0.25, 0.3) is 0 Å². The number of nitrogens with zero attached hydrogens (tertiary/aromatic N) is 1. The maximum Gasteiger partial charge on any atom is 0.314 e. The summed E-state index contributed by atoms with van der Waals surface area (Å²) in [6.07, 6.45) is 8.55. The minimum atomic E-state index is -0.755. The predicted octanol–water partition coefficient (Wildman–Crippen LogP) is 5.49. The fourth-order valence-corrected chi connectivity index (χ4v) is 3.60. The van der Waals surface area contributed by atoms with Gasteiger partial charge in [0.2, 0.25) is 0 Å². The molecule has 0 aliphatic heterocycles. The van der Waals surface area contributed by atoms with Crippen molar-refractivity contribution in [2.45, 2.75) is 77.6 Å². The first-order valence-corrected chi connectivity index (χ1v) is 10.1. The fourth-order valence-electron chi connectivity index (χ4n) is 3.60. The Morgan fingerprint density at radius 1 is 0.920 bits per heavy atom. The molecule has 0 aromatic heterocycles. The number of carboxylic acid groups (broad SMARTS) is 1. The summed E-state index contributed by atoms with van der Waals surface area (Å²) in [6, 6.07) is 9.88. The summed E-state index contributed by atoms with van der Waals surface area (Å²) in [4.78, 5) is 14.7. The predicted molar refractivity (Wildman–Crippen MR) is 106 cm³/mol. The molecule has 1 aromatic rings. The van der Waals surface area contributed by atoms with Crippen LogP contribution in [0.5, 0.6) is 0 Å². The molecule has 0 fully saturated rings. The Hall–Kier alpha value is -1.35. The lowest BCUT2D eigenvalue weighted by molar-refractivity contribution is -0.144. The lowest BCUT2D eigenvalue weighted by Gasteiger charge is -2.32. The monoisotopic (exact) mass is 347 g/mol. The summed E-state index contributed by atoms with van der Waals surface area (Å²) in [7, 11) is 0. The van der Waals surface area contributed by atoms with Crippen LogP contribution in [0.25, 0.3) is 0 Å². The van der Waals surface area contributed by atoms with Gasteiger partial charge >= 0.3 is 5.97 Å². The number of benzene rings is 1. The maximum absolute atomic E-state index is 12.4. The number of carboxylic acids is 1. The summed E-state index contributed by atoms with van der Waals surface area (Å²) >= 11 is 0. The lowest BCUT2D eigenvalue weighted by atomic mass is 9.73. The molecule has 0 spiro atoms. The van der Waals surface area contributed by atoms with Gasteiger partial charge in [-0.1, -0.05) is 89.6 Å². The maximum atomic E-state index is 12.4. The third-order valence-corrected chi connectivity index (χ3v) is 5.44. The van der Waals surface area contributed by atoms with E-state index in [4.69, 9.17) is 0 Å². The fraction of sp³-hybridized carbons (Fsp3) is 0.682. The molecule has 0 saturated carbocycles. The van der Waals surface area contributed by atoms with Gasteiger partial charge in [-0.15, -0.1) is 0 Å². The van der Waals surface area contributed by atoms with Crippen molar-refractivity contribution < 1.29 is 9.90 Å². The van der Waals surface area contributed by atoms with E-state index in [1.54, 1.807) is 0 Å². The van der Waals surface area contributed by atoms with Gasteiger partial charge < -0.3 is 10.0 Å². The van der Waals surface area contributed by atoms with Crippen molar-refractivity contribution in [1.29, 1.82) is 0 Å². The van der Waals surface area contributed by atoms with Crippen LogP contribution in [-0.2, 0) is 10.2 Å². The van der Waals surface area contributed by atoms with E-state index in [1.807, 2.05) is 30.3 Å². The standard InChI is InChI=1S/C22H37NO2/c1-4-7-8-9-10-14-17-22(21(24)25,18-19-23(5-2)6-3)20-15-12-11-13-16-20/h11-13,15-16H,4-10,14,17-19H2,1-3H3,(H,24,25)/t22-/m0/s1. The van der Waals surface area contributed by atoms with E-state index in [1.165, 1.54) is 25.7 Å². The summed E-state index contributed by atoms with van der Waals surface area (Å²) in [5.41, 5.74) is 0.206. The van der Waals surface area contributed by atoms with Crippen LogP contribution in [0.1, 0.15) is 77.7 Å². The van der Waals surface area contributed by atoms with Crippen molar-refractivity contribution in [1.82, 2.24) is 4.90 Å². The summed E-state index contributed by atoms with van der Waals surface area (Å²) in [5.74, 6) is -0.667. The van der Waals surface area contributed by atoms with Gasteiger partial charge in [-0.25, -0.2) is 0 Å². The molecule has 142 valence electrons. The summed E-state index contributed by atoms with van der Waals surface area (Å²) < 4.78 is 0. The van der Waals surface area contributed by atoms with E-state index >= 15 is 0 Å². The molecule has 1 aromatic carbocycles. The van der Waals surface area contributed by atoms with Crippen molar-refractivity contribution in [2.24, 2.45) is 0 Å². The third kappa shape index (κ3) is 6.81. The van der Waals surface area contributed by atoms with E-state index in [-0.39, 0.29) is 0 Å². The van der Waals surface area contributed by atoms with Crippen LogP contribution in [0.2, 0.25) is 0 Å². The molecule has 0 heterocycles. The Bertz CT molecular complexity index is 470. The SMILES string of the molecule is CCCCCCCC[C@@](CCN(CC)CC)(C(=O)O)c1ccccc1. The third-order valence-electron chi connectivity index (χ3n) is 5.44. The van der Waals surface area contributed by atoms with Crippen LogP contribution in [0.15, 0.2) is 30.3 Å². The Morgan fingerprint density at radius 3 is 2.08 bits per heavy atom. The zero-order chi connectivity index (χ0) is 18.5. The highest BCUT2D eigenvalue weighted by atomic mass is 16.4. The first-order valence-electron chi connectivity index (χ1n) is 10.1.